The minimum atomic E-state index is -2.50. The van der Waals surface area contributed by atoms with Crippen LogP contribution in [0, 0.1) is 6.92 Å². The van der Waals surface area contributed by atoms with Crippen LogP contribution in [0.4, 0.5) is 8.78 Å². The monoisotopic (exact) mass is 228 g/mol. The summed E-state index contributed by atoms with van der Waals surface area (Å²) in [5, 5.41) is 0. The van der Waals surface area contributed by atoms with E-state index in [1.54, 1.807) is 19.1 Å². The van der Waals surface area contributed by atoms with E-state index in [2.05, 4.69) is 6.58 Å². The molecule has 0 amide bonds. The van der Waals surface area contributed by atoms with Gasteiger partial charge in [-0.3, -0.25) is 0 Å². The van der Waals surface area contributed by atoms with Crippen molar-refractivity contribution in [1.29, 1.82) is 0 Å². The Kier molecular flexibility index (Phi) is 6.38. The van der Waals surface area contributed by atoms with Gasteiger partial charge in [0.05, 0.1) is 7.11 Å². The van der Waals surface area contributed by atoms with E-state index < -0.39 is 6.43 Å². The van der Waals surface area contributed by atoms with Crippen LogP contribution in [0.1, 0.15) is 37.0 Å². The van der Waals surface area contributed by atoms with Gasteiger partial charge in [0.2, 0.25) is 0 Å². The van der Waals surface area contributed by atoms with Crippen molar-refractivity contribution in [3.8, 4) is 0 Å². The highest BCUT2D eigenvalue weighted by atomic mass is 19.3. The Hall–Kier alpha value is -1.38. The summed E-state index contributed by atoms with van der Waals surface area (Å²) in [6.45, 7) is 9.33. The molecule has 0 bridgehead atoms. The van der Waals surface area contributed by atoms with Crippen molar-refractivity contribution in [2.45, 2.75) is 27.2 Å². The summed E-state index contributed by atoms with van der Waals surface area (Å²) < 4.78 is 30.1. The van der Waals surface area contributed by atoms with Gasteiger partial charge in [-0.25, -0.2) is 8.78 Å². The van der Waals surface area contributed by atoms with Gasteiger partial charge in [-0.1, -0.05) is 38.1 Å². The number of rotatable bonds is 3. The zero-order chi connectivity index (χ0) is 12.7. The first kappa shape index (κ1) is 14.6. The van der Waals surface area contributed by atoms with Crippen LogP contribution in [-0.2, 0) is 4.74 Å². The fourth-order valence-electron chi connectivity index (χ4n) is 1.23. The Bertz CT molecular complexity index is 346. The maximum Gasteiger partial charge on any atom is 0.264 e. The van der Waals surface area contributed by atoms with Gasteiger partial charge in [0.15, 0.2) is 0 Å². The molecule has 0 fully saturated rings. The Morgan fingerprint density at radius 2 is 1.88 bits per heavy atom. The lowest BCUT2D eigenvalue weighted by Crippen LogP contribution is -1.95. The molecule has 0 radical (unpaired) electrons. The van der Waals surface area contributed by atoms with Crippen LogP contribution in [0.5, 0.6) is 0 Å². The lowest BCUT2D eigenvalue weighted by atomic mass is 10.0. The lowest BCUT2D eigenvalue weighted by molar-refractivity contribution is 0.150. The van der Waals surface area contributed by atoms with Crippen molar-refractivity contribution in [2.75, 3.05) is 7.11 Å². The van der Waals surface area contributed by atoms with Gasteiger partial charge in [0.1, 0.15) is 5.76 Å². The molecule has 90 valence electrons. The van der Waals surface area contributed by atoms with Crippen molar-refractivity contribution in [2.24, 2.45) is 0 Å². The Balaban J connectivity index is 0.00000106. The van der Waals surface area contributed by atoms with Gasteiger partial charge in [0, 0.05) is 11.1 Å². The third-order valence-corrected chi connectivity index (χ3v) is 1.99. The van der Waals surface area contributed by atoms with Gasteiger partial charge in [-0.05, 0) is 13.0 Å². The average Bonchev–Trinajstić information content (AvgIpc) is 2.30. The van der Waals surface area contributed by atoms with Crippen LogP contribution in [0.15, 0.2) is 24.8 Å². The molecule has 0 spiro atoms. The number of aryl methyl sites for hydroxylation is 1. The van der Waals surface area contributed by atoms with E-state index in [1.165, 1.54) is 13.2 Å². The number of halogens is 2. The van der Waals surface area contributed by atoms with Crippen molar-refractivity contribution in [1.82, 2.24) is 0 Å². The molecule has 0 aliphatic heterocycles. The summed E-state index contributed by atoms with van der Waals surface area (Å²) in [6.07, 6.45) is -2.50. The summed E-state index contributed by atoms with van der Waals surface area (Å²) in [7, 11) is 1.41. The molecule has 0 atom stereocenters. The predicted octanol–water partition coefficient (Wildman–Crippen LogP) is 4.58. The maximum atomic E-state index is 12.6. The SMILES string of the molecule is C=C(OC)c1ccc(C)cc1C(F)F.CC. The number of ether oxygens (including phenoxy) is 1. The van der Waals surface area contributed by atoms with Crippen molar-refractivity contribution < 1.29 is 13.5 Å². The van der Waals surface area contributed by atoms with Crippen LogP contribution < -0.4 is 0 Å². The number of alkyl halides is 2. The van der Waals surface area contributed by atoms with E-state index in [-0.39, 0.29) is 11.3 Å². The molecule has 1 rings (SSSR count). The quantitative estimate of drug-likeness (QED) is 0.688. The van der Waals surface area contributed by atoms with E-state index >= 15 is 0 Å². The van der Waals surface area contributed by atoms with Gasteiger partial charge < -0.3 is 4.74 Å². The summed E-state index contributed by atoms with van der Waals surface area (Å²) in [5.41, 5.74) is 1.14. The summed E-state index contributed by atoms with van der Waals surface area (Å²) in [4.78, 5) is 0. The first-order chi connectivity index (χ1) is 7.56. The van der Waals surface area contributed by atoms with Crippen molar-refractivity contribution in [3.63, 3.8) is 0 Å². The fraction of sp³-hybridized carbons (Fsp3) is 0.385. The smallest absolute Gasteiger partial charge is 0.264 e. The standard InChI is InChI=1S/C11H12F2O.C2H6/c1-7-4-5-9(8(2)14-3)10(6-7)11(12)13;1-2/h4-6,11H,2H2,1,3H3;1-2H3. The Labute approximate surface area is 95.7 Å². The minimum absolute atomic E-state index is 0.0307. The Morgan fingerprint density at radius 3 is 2.31 bits per heavy atom. The van der Waals surface area contributed by atoms with Crippen LogP contribution in [-0.4, -0.2) is 7.11 Å². The molecule has 3 heteroatoms. The van der Waals surface area contributed by atoms with E-state index in [1.807, 2.05) is 13.8 Å². The van der Waals surface area contributed by atoms with Crippen LogP contribution >= 0.6 is 0 Å². The Morgan fingerprint density at radius 1 is 1.31 bits per heavy atom. The number of benzene rings is 1. The van der Waals surface area contributed by atoms with E-state index in [9.17, 15) is 8.78 Å². The molecule has 0 unspecified atom stereocenters. The van der Waals surface area contributed by atoms with Crippen LogP contribution in [0.2, 0.25) is 0 Å². The van der Waals surface area contributed by atoms with Gasteiger partial charge in [-0.2, -0.15) is 0 Å². The van der Waals surface area contributed by atoms with Crippen molar-refractivity contribution >= 4 is 5.76 Å². The minimum Gasteiger partial charge on any atom is -0.497 e. The zero-order valence-electron chi connectivity index (χ0n) is 10.2. The highest BCUT2D eigenvalue weighted by molar-refractivity contribution is 5.61. The van der Waals surface area contributed by atoms with E-state index in [4.69, 9.17) is 4.74 Å². The summed E-state index contributed by atoms with van der Waals surface area (Å²) >= 11 is 0. The molecular weight excluding hydrogens is 210 g/mol. The molecular formula is C13H18F2O. The van der Waals surface area contributed by atoms with Crippen molar-refractivity contribution in [3.05, 3.63) is 41.5 Å². The molecule has 0 aliphatic rings. The molecule has 0 heterocycles. The summed E-state index contributed by atoms with van der Waals surface area (Å²) in [5.74, 6) is 0.264. The topological polar surface area (TPSA) is 9.23 Å². The third kappa shape index (κ3) is 3.65. The molecule has 0 N–H and O–H groups in total. The normalized spacial score (nSPS) is 9.44. The average molecular weight is 228 g/mol. The highest BCUT2D eigenvalue weighted by Gasteiger charge is 2.15. The number of methoxy groups -OCH3 is 1. The first-order valence-corrected chi connectivity index (χ1v) is 5.18. The molecule has 16 heavy (non-hydrogen) atoms. The van der Waals surface area contributed by atoms with Gasteiger partial charge in [0.25, 0.3) is 6.43 Å². The molecule has 1 aromatic carbocycles. The molecule has 0 aliphatic carbocycles. The first-order valence-electron chi connectivity index (χ1n) is 5.18. The predicted molar refractivity (Wildman–Crippen MR) is 63.5 cm³/mol. The highest BCUT2D eigenvalue weighted by Crippen LogP contribution is 2.28. The summed E-state index contributed by atoms with van der Waals surface area (Å²) in [6, 6.07) is 4.80. The van der Waals surface area contributed by atoms with Gasteiger partial charge in [-0.15, -0.1) is 0 Å². The van der Waals surface area contributed by atoms with Gasteiger partial charge >= 0.3 is 0 Å². The molecule has 1 aromatic rings. The third-order valence-electron chi connectivity index (χ3n) is 1.99. The fourth-order valence-corrected chi connectivity index (χ4v) is 1.23. The maximum absolute atomic E-state index is 12.6. The molecule has 1 nitrogen and oxygen atoms in total. The number of hydrogen-bond donors (Lipinski definition) is 0. The zero-order valence-corrected chi connectivity index (χ0v) is 10.2. The molecule has 0 saturated heterocycles. The van der Waals surface area contributed by atoms with Crippen LogP contribution in [0.3, 0.4) is 0 Å². The second-order valence-electron chi connectivity index (χ2n) is 3.02. The lowest BCUT2D eigenvalue weighted by Gasteiger charge is -2.11. The molecule has 0 saturated carbocycles. The number of hydrogen-bond acceptors (Lipinski definition) is 1. The second-order valence-corrected chi connectivity index (χ2v) is 3.02. The largest absolute Gasteiger partial charge is 0.497 e. The molecule has 0 aromatic heterocycles. The van der Waals surface area contributed by atoms with E-state index in [0.29, 0.717) is 5.56 Å². The second kappa shape index (κ2) is 6.99. The van der Waals surface area contributed by atoms with Crippen LogP contribution in [0.25, 0.3) is 5.76 Å². The van der Waals surface area contributed by atoms with E-state index in [0.717, 1.165) is 5.56 Å².